The number of rotatable bonds is 2. The monoisotopic (exact) mass is 364 g/mol. The van der Waals surface area contributed by atoms with E-state index >= 15 is 0 Å². The number of nitrogens with one attached hydrogen (secondary N) is 1. The van der Waals surface area contributed by atoms with Crippen molar-refractivity contribution in [2.45, 2.75) is 31.2 Å². The average molecular weight is 364 g/mol. The van der Waals surface area contributed by atoms with Crippen molar-refractivity contribution in [1.29, 1.82) is 0 Å². The molecule has 132 valence electrons. The van der Waals surface area contributed by atoms with E-state index in [4.69, 9.17) is 12.2 Å². The third-order valence-corrected chi connectivity index (χ3v) is 6.33. The molecule has 2 aromatic carbocycles. The van der Waals surface area contributed by atoms with Crippen LogP contribution < -0.4 is 5.32 Å². The summed E-state index contributed by atoms with van der Waals surface area (Å²) >= 11 is 5.71. The maximum Gasteiger partial charge on any atom is 0.123 e. The van der Waals surface area contributed by atoms with Gasteiger partial charge < -0.3 is 5.32 Å². The molecule has 0 amide bonds. The van der Waals surface area contributed by atoms with E-state index in [9.17, 15) is 4.39 Å². The Labute approximate surface area is 158 Å². The first-order valence-corrected chi connectivity index (χ1v) is 9.73. The van der Waals surface area contributed by atoms with Crippen LogP contribution in [0.2, 0.25) is 0 Å². The number of thiocarbonyl (C=S) groups is 1. The summed E-state index contributed by atoms with van der Waals surface area (Å²) in [5, 5.41) is 3.41. The van der Waals surface area contributed by atoms with Crippen LogP contribution in [0.3, 0.4) is 0 Å². The maximum absolute atomic E-state index is 13.2. The number of anilines is 1. The standard InChI is InChI=1S/C22H21FN2S/c23-17-6-3-14(4-7-17)15-5-8-20-19(13-15)21(22(26)24-20)16-9-11-25-10-1-2-18(25)12-16/h3-9,13,18,21H,1-2,10-12H2,(H,24,26). The van der Waals surface area contributed by atoms with Crippen molar-refractivity contribution in [3.8, 4) is 11.1 Å². The van der Waals surface area contributed by atoms with Crippen LogP contribution in [0.5, 0.6) is 0 Å². The highest BCUT2D eigenvalue weighted by Gasteiger charge is 2.35. The minimum Gasteiger partial charge on any atom is -0.349 e. The topological polar surface area (TPSA) is 15.3 Å². The Kier molecular flexibility index (Phi) is 3.91. The minimum atomic E-state index is -0.205. The first-order chi connectivity index (χ1) is 12.7. The van der Waals surface area contributed by atoms with Gasteiger partial charge in [0.2, 0.25) is 0 Å². The van der Waals surface area contributed by atoms with Crippen molar-refractivity contribution in [3.05, 3.63) is 65.5 Å². The van der Waals surface area contributed by atoms with Crippen molar-refractivity contribution in [1.82, 2.24) is 4.90 Å². The van der Waals surface area contributed by atoms with Crippen LogP contribution in [-0.2, 0) is 0 Å². The molecule has 2 atom stereocenters. The second-order valence-corrected chi connectivity index (χ2v) is 7.95. The highest BCUT2D eigenvalue weighted by molar-refractivity contribution is 7.80. The summed E-state index contributed by atoms with van der Waals surface area (Å²) < 4.78 is 13.2. The molecule has 1 fully saturated rings. The maximum atomic E-state index is 13.2. The Morgan fingerprint density at radius 2 is 1.88 bits per heavy atom. The third-order valence-electron chi connectivity index (χ3n) is 5.99. The van der Waals surface area contributed by atoms with Gasteiger partial charge in [-0.25, -0.2) is 4.39 Å². The summed E-state index contributed by atoms with van der Waals surface area (Å²) in [5.41, 5.74) is 5.97. The van der Waals surface area contributed by atoms with Crippen molar-refractivity contribution in [2.75, 3.05) is 18.4 Å². The largest absolute Gasteiger partial charge is 0.349 e. The molecule has 2 aromatic rings. The third kappa shape index (κ3) is 2.68. The summed E-state index contributed by atoms with van der Waals surface area (Å²) in [6, 6.07) is 13.8. The minimum absolute atomic E-state index is 0.183. The molecule has 3 heterocycles. The van der Waals surface area contributed by atoms with Crippen LogP contribution in [0.15, 0.2) is 54.1 Å². The first-order valence-electron chi connectivity index (χ1n) is 9.33. The lowest BCUT2D eigenvalue weighted by Gasteiger charge is -2.31. The van der Waals surface area contributed by atoms with Crippen molar-refractivity contribution in [2.24, 2.45) is 0 Å². The summed E-state index contributed by atoms with van der Waals surface area (Å²) in [4.78, 5) is 3.50. The number of fused-ring (bicyclic) bond motifs is 2. The van der Waals surface area contributed by atoms with Crippen molar-refractivity contribution >= 4 is 22.9 Å². The zero-order valence-corrected chi connectivity index (χ0v) is 15.4. The molecule has 0 aliphatic carbocycles. The molecule has 0 bridgehead atoms. The van der Waals surface area contributed by atoms with E-state index in [0.29, 0.717) is 6.04 Å². The quantitative estimate of drug-likeness (QED) is 0.588. The summed E-state index contributed by atoms with van der Waals surface area (Å²) in [7, 11) is 0. The number of nitrogens with zero attached hydrogens (tertiary/aromatic N) is 1. The van der Waals surface area contributed by atoms with E-state index in [0.717, 1.165) is 34.8 Å². The summed E-state index contributed by atoms with van der Waals surface area (Å²) in [6.45, 7) is 2.28. The molecule has 5 rings (SSSR count). The molecule has 3 aliphatic heterocycles. The van der Waals surface area contributed by atoms with Crippen LogP contribution in [-0.4, -0.2) is 29.0 Å². The van der Waals surface area contributed by atoms with Gasteiger partial charge in [-0.05, 0) is 66.8 Å². The fourth-order valence-corrected chi connectivity index (χ4v) is 5.03. The molecule has 0 spiro atoms. The first kappa shape index (κ1) is 16.2. The molecule has 1 N–H and O–H groups in total. The van der Waals surface area contributed by atoms with Crippen molar-refractivity contribution < 1.29 is 4.39 Å². The van der Waals surface area contributed by atoms with E-state index in [1.54, 1.807) is 0 Å². The Morgan fingerprint density at radius 3 is 2.73 bits per heavy atom. The Morgan fingerprint density at radius 1 is 1.08 bits per heavy atom. The molecule has 0 aromatic heterocycles. The molecular weight excluding hydrogens is 343 g/mol. The SMILES string of the molecule is Fc1ccc(-c2ccc3c(c2)C(C2=CCN4CCCC4C2)C(=S)N3)cc1. The van der Waals surface area contributed by atoms with E-state index < -0.39 is 0 Å². The average Bonchev–Trinajstić information content (AvgIpc) is 3.24. The molecule has 1 saturated heterocycles. The fourth-order valence-electron chi connectivity index (χ4n) is 4.64. The number of halogens is 1. The Balaban J connectivity index is 1.51. The van der Waals surface area contributed by atoms with Crippen LogP contribution in [0.25, 0.3) is 11.1 Å². The Hall–Kier alpha value is -2.04. The van der Waals surface area contributed by atoms with Crippen LogP contribution in [0, 0.1) is 5.82 Å². The zero-order valence-electron chi connectivity index (χ0n) is 14.5. The van der Waals surface area contributed by atoms with Gasteiger partial charge >= 0.3 is 0 Å². The van der Waals surface area contributed by atoms with Gasteiger partial charge in [0.15, 0.2) is 0 Å². The van der Waals surface area contributed by atoms with E-state index in [-0.39, 0.29) is 11.7 Å². The molecule has 0 saturated carbocycles. The lowest BCUT2D eigenvalue weighted by Crippen LogP contribution is -2.34. The lowest BCUT2D eigenvalue weighted by atomic mass is 9.85. The molecule has 26 heavy (non-hydrogen) atoms. The van der Waals surface area contributed by atoms with Gasteiger partial charge in [0.1, 0.15) is 5.82 Å². The van der Waals surface area contributed by atoms with Gasteiger partial charge in [0.25, 0.3) is 0 Å². The normalized spacial score (nSPS) is 24.8. The van der Waals surface area contributed by atoms with E-state index in [1.165, 1.54) is 42.7 Å². The van der Waals surface area contributed by atoms with Gasteiger partial charge in [-0.15, -0.1) is 0 Å². The summed E-state index contributed by atoms with van der Waals surface area (Å²) in [5.74, 6) is -0.0211. The molecule has 3 aliphatic rings. The van der Waals surface area contributed by atoms with Crippen LogP contribution in [0.1, 0.15) is 30.7 Å². The second kappa shape index (κ2) is 6.29. The van der Waals surface area contributed by atoms with Gasteiger partial charge in [-0.2, -0.15) is 0 Å². The van der Waals surface area contributed by atoms with Gasteiger partial charge in [0, 0.05) is 18.3 Å². The zero-order chi connectivity index (χ0) is 17.7. The van der Waals surface area contributed by atoms with E-state index in [2.05, 4.69) is 34.5 Å². The summed E-state index contributed by atoms with van der Waals surface area (Å²) in [6.07, 6.45) is 6.12. The smallest absolute Gasteiger partial charge is 0.123 e. The van der Waals surface area contributed by atoms with E-state index in [1.807, 2.05) is 12.1 Å². The van der Waals surface area contributed by atoms with Gasteiger partial charge in [-0.1, -0.05) is 42.1 Å². The second-order valence-electron chi connectivity index (χ2n) is 7.51. The van der Waals surface area contributed by atoms with Gasteiger partial charge in [0.05, 0.1) is 10.9 Å². The lowest BCUT2D eigenvalue weighted by molar-refractivity contribution is 0.263. The molecule has 2 nitrogen and oxygen atoms in total. The van der Waals surface area contributed by atoms with Gasteiger partial charge in [-0.3, -0.25) is 4.90 Å². The highest BCUT2D eigenvalue weighted by atomic mass is 32.1. The molecule has 2 unspecified atom stereocenters. The Bertz CT molecular complexity index is 903. The fraction of sp³-hybridized carbons (Fsp3) is 0.318. The molecule has 0 radical (unpaired) electrons. The molecular formula is C22H21FN2S. The highest BCUT2D eigenvalue weighted by Crippen LogP contribution is 2.43. The number of hydrogen-bond acceptors (Lipinski definition) is 2. The molecule has 4 heteroatoms. The predicted molar refractivity (Wildman–Crippen MR) is 108 cm³/mol. The number of hydrogen-bond donors (Lipinski definition) is 1. The van der Waals surface area contributed by atoms with Crippen LogP contribution in [0.4, 0.5) is 10.1 Å². The van der Waals surface area contributed by atoms with Crippen LogP contribution >= 0.6 is 12.2 Å². The predicted octanol–water partition coefficient (Wildman–Crippen LogP) is 5.12. The number of benzene rings is 2. The van der Waals surface area contributed by atoms with Crippen molar-refractivity contribution in [3.63, 3.8) is 0 Å².